The molecule has 0 fully saturated rings. The van der Waals surface area contributed by atoms with E-state index in [1.165, 1.54) is 23.2 Å². The summed E-state index contributed by atoms with van der Waals surface area (Å²) in [5, 5.41) is 11.8. The molecule has 0 spiro atoms. The first-order chi connectivity index (χ1) is 11.7. The highest BCUT2D eigenvalue weighted by Crippen LogP contribution is 2.38. The molecule has 2 aromatic rings. The molecule has 1 aromatic heterocycles. The maximum Gasteiger partial charge on any atom is 0.280 e. The Morgan fingerprint density at radius 2 is 2.08 bits per heavy atom. The highest BCUT2D eigenvalue weighted by atomic mass is 32.1. The Balaban J connectivity index is 1.88. The molecule has 0 radical (unpaired) electrons. The minimum Gasteiger partial charge on any atom is -0.465 e. The lowest BCUT2D eigenvalue weighted by Crippen LogP contribution is -2.59. The molecule has 0 aliphatic carbocycles. The first-order valence-electron chi connectivity index (χ1n) is 7.95. The number of ether oxygens (including phenoxy) is 1. The third kappa shape index (κ3) is 2.97. The van der Waals surface area contributed by atoms with Crippen molar-refractivity contribution in [3.05, 3.63) is 28.8 Å². The fourth-order valence-corrected chi connectivity index (χ4v) is 3.29. The van der Waals surface area contributed by atoms with E-state index in [1.54, 1.807) is 13.1 Å². The Labute approximate surface area is 150 Å². The van der Waals surface area contributed by atoms with E-state index in [1.807, 2.05) is 32.9 Å². The molecule has 8 heteroatoms. The average molecular weight is 360 g/mol. The molecule has 25 heavy (non-hydrogen) atoms. The highest BCUT2D eigenvalue weighted by Gasteiger charge is 2.50. The maximum absolute atomic E-state index is 12.8. The largest absolute Gasteiger partial charge is 0.465 e. The van der Waals surface area contributed by atoms with Gasteiger partial charge in [0.15, 0.2) is 0 Å². The van der Waals surface area contributed by atoms with Crippen molar-refractivity contribution in [3.8, 4) is 5.75 Å². The van der Waals surface area contributed by atoms with E-state index in [0.29, 0.717) is 16.6 Å². The van der Waals surface area contributed by atoms with Gasteiger partial charge in [0.25, 0.3) is 17.4 Å². The lowest BCUT2D eigenvalue weighted by Gasteiger charge is -2.37. The molecule has 1 atom stereocenters. The first-order valence-corrected chi connectivity index (χ1v) is 8.76. The minimum atomic E-state index is -1.67. The van der Waals surface area contributed by atoms with Gasteiger partial charge in [-0.05, 0) is 31.5 Å². The molecule has 0 saturated carbocycles. The molecule has 1 aromatic carbocycles. The molecule has 1 unspecified atom stereocenters. The van der Waals surface area contributed by atoms with Crippen LogP contribution < -0.4 is 15.0 Å². The van der Waals surface area contributed by atoms with Gasteiger partial charge in [0.05, 0.1) is 5.69 Å². The van der Waals surface area contributed by atoms with Crippen molar-refractivity contribution in [2.75, 3.05) is 17.3 Å². The number of hydrogen-bond acceptors (Lipinski definition) is 6. The molecule has 7 nitrogen and oxygen atoms in total. The normalized spacial score (nSPS) is 19.6. The van der Waals surface area contributed by atoms with Crippen molar-refractivity contribution in [1.82, 2.24) is 10.2 Å². The Bertz CT molecular complexity index is 848. The van der Waals surface area contributed by atoms with Gasteiger partial charge in [0.1, 0.15) is 10.8 Å². The van der Waals surface area contributed by atoms with Crippen LogP contribution >= 0.6 is 11.3 Å². The smallest absolute Gasteiger partial charge is 0.280 e. The summed E-state index contributed by atoms with van der Waals surface area (Å²) >= 11 is 1.29. The Kier molecular flexibility index (Phi) is 4.24. The number of nitrogens with one attached hydrogen (secondary N) is 1. The number of hydrogen-bond donors (Lipinski definition) is 1. The monoisotopic (exact) mass is 360 g/mol. The van der Waals surface area contributed by atoms with Crippen molar-refractivity contribution in [1.29, 1.82) is 0 Å². The molecule has 1 N–H and O–H groups in total. The van der Waals surface area contributed by atoms with Gasteiger partial charge < -0.3 is 9.64 Å². The van der Waals surface area contributed by atoms with Gasteiger partial charge in [-0.1, -0.05) is 31.3 Å². The van der Waals surface area contributed by atoms with Gasteiger partial charge in [0, 0.05) is 13.0 Å². The van der Waals surface area contributed by atoms with Gasteiger partial charge >= 0.3 is 0 Å². The number of carbonyl (C=O) groups is 2. The molecule has 3 rings (SSSR count). The van der Waals surface area contributed by atoms with E-state index in [2.05, 4.69) is 15.5 Å². The summed E-state index contributed by atoms with van der Waals surface area (Å²) in [6.45, 7) is 7.39. The van der Waals surface area contributed by atoms with Crippen LogP contribution in [0.25, 0.3) is 0 Å². The Hall–Kier alpha value is -2.48. The number of likely N-dealkylation sites (N-methyl/N-ethyl adjacent to an activating group) is 1. The van der Waals surface area contributed by atoms with Crippen LogP contribution in [0.15, 0.2) is 18.2 Å². The predicted molar refractivity (Wildman–Crippen MR) is 96.2 cm³/mol. The minimum absolute atomic E-state index is 0.215. The van der Waals surface area contributed by atoms with Crippen LogP contribution in [0.4, 0.5) is 10.8 Å². The van der Waals surface area contributed by atoms with Crippen molar-refractivity contribution < 1.29 is 14.3 Å². The van der Waals surface area contributed by atoms with E-state index >= 15 is 0 Å². The zero-order chi connectivity index (χ0) is 18.4. The molecule has 1 aliphatic heterocycles. The molecule has 0 bridgehead atoms. The van der Waals surface area contributed by atoms with Gasteiger partial charge in [-0.15, -0.1) is 10.2 Å². The predicted octanol–water partition coefficient (Wildman–Crippen LogP) is 2.72. The van der Waals surface area contributed by atoms with E-state index in [9.17, 15) is 9.59 Å². The van der Waals surface area contributed by atoms with Crippen molar-refractivity contribution in [2.24, 2.45) is 0 Å². The average Bonchev–Trinajstić information content (AvgIpc) is 3.02. The summed E-state index contributed by atoms with van der Waals surface area (Å²) in [5.74, 6) is -0.295. The van der Waals surface area contributed by atoms with Crippen LogP contribution in [0, 0.1) is 6.92 Å². The van der Waals surface area contributed by atoms with E-state index < -0.39 is 17.4 Å². The van der Waals surface area contributed by atoms with Gasteiger partial charge in [-0.3, -0.25) is 14.9 Å². The molecule has 2 amide bonds. The third-order valence-corrected chi connectivity index (χ3v) is 5.23. The van der Waals surface area contributed by atoms with E-state index in [-0.39, 0.29) is 5.92 Å². The quantitative estimate of drug-likeness (QED) is 0.851. The third-order valence-electron chi connectivity index (χ3n) is 4.09. The molecule has 1 aliphatic rings. The second-order valence-corrected chi connectivity index (χ2v) is 7.53. The lowest BCUT2D eigenvalue weighted by molar-refractivity contribution is -0.144. The number of aromatic nitrogens is 2. The lowest BCUT2D eigenvalue weighted by atomic mass is 10.00. The fraction of sp³-hybridized carbons (Fsp3) is 0.412. The number of anilines is 2. The zero-order valence-corrected chi connectivity index (χ0v) is 15.6. The van der Waals surface area contributed by atoms with Crippen LogP contribution in [0.2, 0.25) is 0 Å². The SMILES string of the molecule is Cc1ccc2c(c1)N(C)C(=O)C(C)(C(=O)Nc1nnc(C(C)C)s1)O2. The van der Waals surface area contributed by atoms with Gasteiger partial charge in [-0.2, -0.15) is 0 Å². The van der Waals surface area contributed by atoms with Crippen LogP contribution in [0.3, 0.4) is 0 Å². The summed E-state index contributed by atoms with van der Waals surface area (Å²) in [6, 6.07) is 5.49. The molecule has 2 heterocycles. The number of benzene rings is 1. The maximum atomic E-state index is 12.8. The number of rotatable bonds is 3. The van der Waals surface area contributed by atoms with Gasteiger partial charge in [-0.25, -0.2) is 0 Å². The summed E-state index contributed by atoms with van der Waals surface area (Å²) in [5.41, 5.74) is -0.0147. The van der Waals surface area contributed by atoms with Crippen molar-refractivity contribution in [3.63, 3.8) is 0 Å². The fourth-order valence-electron chi connectivity index (χ4n) is 2.55. The topological polar surface area (TPSA) is 84.4 Å². The summed E-state index contributed by atoms with van der Waals surface area (Å²) < 4.78 is 5.80. The summed E-state index contributed by atoms with van der Waals surface area (Å²) in [7, 11) is 1.64. The number of aryl methyl sites for hydroxylation is 1. The number of nitrogens with zero attached hydrogens (tertiary/aromatic N) is 3. The first kappa shape index (κ1) is 17.3. The van der Waals surface area contributed by atoms with Gasteiger partial charge in [0.2, 0.25) is 5.13 Å². The number of amides is 2. The summed E-state index contributed by atoms with van der Waals surface area (Å²) in [6.07, 6.45) is 0. The van der Waals surface area contributed by atoms with Crippen LogP contribution in [0.5, 0.6) is 5.75 Å². The molecule has 0 saturated heterocycles. The molecular formula is C17H20N4O3S. The molecular weight excluding hydrogens is 340 g/mol. The van der Waals surface area contributed by atoms with E-state index in [4.69, 9.17) is 4.74 Å². The van der Waals surface area contributed by atoms with Crippen molar-refractivity contribution in [2.45, 2.75) is 39.2 Å². The standard InChI is InChI=1S/C17H20N4O3S/c1-9(2)13-19-20-16(25-13)18-14(22)17(4)15(23)21(5)11-8-10(3)6-7-12(11)24-17/h6-9H,1-5H3,(H,18,20,22). The number of carbonyl (C=O) groups excluding carboxylic acids is 2. The molecule has 132 valence electrons. The second kappa shape index (κ2) is 6.11. The number of fused-ring (bicyclic) bond motifs is 1. The Morgan fingerprint density at radius 3 is 2.72 bits per heavy atom. The highest BCUT2D eigenvalue weighted by molar-refractivity contribution is 7.15. The van der Waals surface area contributed by atoms with Crippen LogP contribution in [-0.4, -0.2) is 34.7 Å². The van der Waals surface area contributed by atoms with Crippen molar-refractivity contribution >= 4 is 34.0 Å². The Morgan fingerprint density at radius 1 is 1.36 bits per heavy atom. The summed E-state index contributed by atoms with van der Waals surface area (Å²) in [4.78, 5) is 27.0. The zero-order valence-electron chi connectivity index (χ0n) is 14.8. The van der Waals surface area contributed by atoms with Crippen LogP contribution in [-0.2, 0) is 9.59 Å². The van der Waals surface area contributed by atoms with E-state index in [0.717, 1.165) is 10.6 Å². The second-order valence-electron chi connectivity index (χ2n) is 6.52. The van der Waals surface area contributed by atoms with Crippen LogP contribution in [0.1, 0.15) is 37.3 Å².